The number of alkyl halides is 8. The van der Waals surface area contributed by atoms with Crippen LogP contribution in [0.4, 0.5) is 26.3 Å². The molecule has 4 amide bonds. The first-order valence-corrected chi connectivity index (χ1v) is 35.8. The van der Waals surface area contributed by atoms with E-state index in [2.05, 4.69) is 33.8 Å². The Morgan fingerprint density at radius 2 is 1.34 bits per heavy atom. The molecule has 0 saturated carbocycles. The van der Waals surface area contributed by atoms with Gasteiger partial charge in [-0.1, -0.05) is 51.3 Å². The number of hydrogen-bond donors (Lipinski definition) is 2. The van der Waals surface area contributed by atoms with Crippen LogP contribution in [0.25, 0.3) is 0 Å². The van der Waals surface area contributed by atoms with E-state index in [0.29, 0.717) is 55.2 Å². The maximum atomic E-state index is 13.8. The van der Waals surface area contributed by atoms with Crippen LogP contribution in [0, 0.1) is 13.8 Å². The van der Waals surface area contributed by atoms with E-state index in [9.17, 15) is 62.4 Å². The Kier molecular flexibility index (Phi) is 29.8. The highest BCUT2D eigenvalue weighted by Crippen LogP contribution is 2.39. The number of sulfonamides is 2. The second-order valence-corrected chi connectivity index (χ2v) is 29.0. The molecule has 0 aliphatic carbocycles. The van der Waals surface area contributed by atoms with Crippen molar-refractivity contribution in [3.8, 4) is 11.5 Å². The molecule has 28 heteroatoms. The molecule has 7 aliphatic rings. The third-order valence-electron chi connectivity index (χ3n) is 17.1. The Bertz CT molecular complexity index is 3810. The molecule has 98 heavy (non-hydrogen) atoms. The number of rotatable bonds is 15. The van der Waals surface area contributed by atoms with Gasteiger partial charge in [0.2, 0.25) is 20.0 Å². The average Bonchev–Trinajstić information content (AvgIpc) is 1.61. The van der Waals surface area contributed by atoms with E-state index < -0.39 is 66.4 Å². The van der Waals surface area contributed by atoms with Crippen molar-refractivity contribution in [3.05, 3.63) is 166 Å². The largest absolute Gasteiger partial charge is 0.493 e. The summed E-state index contributed by atoms with van der Waals surface area (Å²) in [4.78, 5) is 64.4. The van der Waals surface area contributed by atoms with Gasteiger partial charge in [0.1, 0.15) is 34.2 Å². The quantitative estimate of drug-likeness (QED) is 0.0497. The maximum Gasteiger partial charge on any atom is 0.416 e. The minimum Gasteiger partial charge on any atom is -0.493 e. The van der Waals surface area contributed by atoms with Gasteiger partial charge in [-0.3, -0.25) is 29.2 Å². The molecule has 0 radical (unpaired) electrons. The predicted octanol–water partition coefficient (Wildman–Crippen LogP) is 12.5. The summed E-state index contributed by atoms with van der Waals surface area (Å²) in [6.45, 7) is 12.6. The van der Waals surface area contributed by atoms with Crippen molar-refractivity contribution in [2.45, 2.75) is 129 Å². The number of amides is 4. The van der Waals surface area contributed by atoms with Crippen molar-refractivity contribution >= 4 is 78.5 Å². The monoisotopic (exact) mass is 1450 g/mol. The van der Waals surface area contributed by atoms with Crippen molar-refractivity contribution in [2.75, 3.05) is 89.8 Å². The fourth-order valence-corrected chi connectivity index (χ4v) is 14.4. The highest BCUT2D eigenvalue weighted by molar-refractivity contribution is 7.89. The van der Waals surface area contributed by atoms with Crippen LogP contribution in [0.1, 0.15) is 144 Å². The minimum atomic E-state index is -4.65. The second-order valence-electron chi connectivity index (χ2n) is 24.0. The smallest absolute Gasteiger partial charge is 0.416 e. The third-order valence-corrected chi connectivity index (χ3v) is 21.5. The number of fused-ring (bicyclic) bond motifs is 2. The lowest BCUT2D eigenvalue weighted by atomic mass is 9.89. The Morgan fingerprint density at radius 1 is 0.755 bits per heavy atom. The number of amidine groups is 2. The molecule has 4 aromatic carbocycles. The van der Waals surface area contributed by atoms with Crippen LogP contribution in [0.2, 0.25) is 0 Å². The molecule has 0 unspecified atom stereocenters. The van der Waals surface area contributed by atoms with Crippen molar-refractivity contribution in [1.82, 2.24) is 29.0 Å². The van der Waals surface area contributed by atoms with Crippen LogP contribution in [-0.4, -0.2) is 171 Å². The SMILES string of the molecule is C.C.C=CCCCN(C)C(=O)c1ccc(CCS(=O)(=O)N2CCC3(CC2)N=C(c2cc(OCCC=C)cc(C(F)(F)F)c2)NC3=O)c(C)c1.Cc1cc2ccc1CCS(=O)(=O)N1CCC3(CC1)N=C(NC3=O)c1cc(cc(C(F)(F)F)c1)OCCC=CCCCN(C)C2=O.ClCCCl. The summed E-state index contributed by atoms with van der Waals surface area (Å²) in [7, 11) is -3.90. The normalized spacial score (nSPS) is 19.5. The number of hydrogen-bond acceptors (Lipinski definition) is 12. The summed E-state index contributed by atoms with van der Waals surface area (Å²) in [5, 5.41) is 5.25. The van der Waals surface area contributed by atoms with Gasteiger partial charge in [-0.05, 0) is 174 Å². The molecule has 0 atom stereocenters. The van der Waals surface area contributed by atoms with Crippen LogP contribution in [0.15, 0.2) is 120 Å². The van der Waals surface area contributed by atoms with Crippen LogP contribution in [0.5, 0.6) is 11.5 Å². The molecular weight excluding hydrogens is 1360 g/mol. The number of halogens is 8. The van der Waals surface area contributed by atoms with E-state index in [1.165, 1.54) is 20.7 Å². The lowest BCUT2D eigenvalue weighted by Gasteiger charge is -2.34. The van der Waals surface area contributed by atoms with Gasteiger partial charge in [-0.15, -0.1) is 36.4 Å². The zero-order valence-corrected chi connectivity index (χ0v) is 57.4. The lowest BCUT2D eigenvalue weighted by molar-refractivity contribution is -0.138. The van der Waals surface area contributed by atoms with Gasteiger partial charge in [0.25, 0.3) is 23.6 Å². The third kappa shape index (κ3) is 21.5. The molecule has 0 aromatic heterocycles. The summed E-state index contributed by atoms with van der Waals surface area (Å²) in [6.07, 6.45) is 2.76. The molecule has 2 fully saturated rings. The Balaban J connectivity index is 0.000000329. The standard InChI is InChI=1S/C34H41F3N4O5S.C32H37F3N4O5S.C2H4Cl2.2CH4/c1-5-7-9-15-40(4)31(42)26-11-10-25(24(3)20-26)12-19-47(44,45)41-16-13-33(14-17-41)32(43)38-30(39-33)27-21-28(34(35,36)37)23-29(22-27)46-18-8-6-2;1-22-18-24-9-8-23(22)10-17-45(42,43)39-14-11-31(12-15-39)30(41)36-28(37-31)25-19-26(32(33,34)35)21-27(20-25)44-16-7-5-3-4-6-13-38(2)29(24)40;3-1-2-4;;/h5-6,10-11,20-23H,1-2,7-9,12-19H2,3-4H3,(H,38,39,43);3,5,8-9,18-21H,4,6-7,10-17H2,1-2H3,(H,36,37,41);1-2H2;2*1H4. The predicted molar refractivity (Wildman–Crippen MR) is 374 cm³/mol. The number of benzene rings is 4. The Labute approximate surface area is 582 Å². The molecule has 7 aliphatic heterocycles. The first-order valence-electron chi connectivity index (χ1n) is 31.6. The van der Waals surface area contributed by atoms with Crippen LogP contribution in [0.3, 0.4) is 0 Å². The number of carbonyl (C=O) groups excluding carboxylic acids is 4. The molecule has 4 aromatic rings. The van der Waals surface area contributed by atoms with Crippen molar-refractivity contribution in [3.63, 3.8) is 0 Å². The van der Waals surface area contributed by atoms with E-state index in [-0.39, 0.29) is 150 Å². The Morgan fingerprint density at radius 3 is 1.91 bits per heavy atom. The topological polar surface area (TPSA) is 217 Å². The molecule has 7 bridgehead atoms. The number of carbonyl (C=O) groups is 4. The van der Waals surface area contributed by atoms with Crippen molar-refractivity contribution in [1.29, 1.82) is 0 Å². The highest BCUT2D eigenvalue weighted by atomic mass is 35.5. The molecule has 2 saturated heterocycles. The summed E-state index contributed by atoms with van der Waals surface area (Å²) in [6, 6.07) is 17.0. The Hall–Kier alpha value is -7.10. The van der Waals surface area contributed by atoms with Crippen LogP contribution in [-0.2, 0) is 54.8 Å². The van der Waals surface area contributed by atoms with Crippen molar-refractivity contribution < 1.29 is 71.8 Å². The van der Waals surface area contributed by atoms with Crippen LogP contribution < -0.4 is 20.1 Å². The fraction of sp³-hybridized carbons (Fsp3) is 0.486. The summed E-state index contributed by atoms with van der Waals surface area (Å²) >= 11 is 10.1. The molecule has 538 valence electrons. The number of aliphatic imine (C=N–C) groups is 2. The van der Waals surface area contributed by atoms with Gasteiger partial charge >= 0.3 is 12.4 Å². The molecule has 2 spiro atoms. The highest BCUT2D eigenvalue weighted by Gasteiger charge is 2.49. The molecule has 2 N–H and O–H groups in total. The molecule has 11 rings (SSSR count). The zero-order chi connectivity index (χ0) is 70.2. The number of allylic oxidation sites excluding steroid dienone is 2. The first-order chi connectivity index (χ1) is 45.4. The lowest BCUT2D eigenvalue weighted by Crippen LogP contribution is -2.50. The summed E-state index contributed by atoms with van der Waals surface area (Å²) < 4.78 is 149. The van der Waals surface area contributed by atoms with Gasteiger partial charge in [0, 0.05) is 87.4 Å². The van der Waals surface area contributed by atoms with E-state index >= 15 is 0 Å². The van der Waals surface area contributed by atoms with Gasteiger partial charge < -0.3 is 29.9 Å². The average molecular weight is 1450 g/mol. The number of ether oxygens (including phenoxy) is 2. The van der Waals surface area contributed by atoms with E-state index in [1.807, 2.05) is 32.1 Å². The van der Waals surface area contributed by atoms with Gasteiger partial charge in [0.05, 0.1) is 35.8 Å². The fourth-order valence-electron chi connectivity index (χ4n) is 11.5. The van der Waals surface area contributed by atoms with E-state index in [0.717, 1.165) is 65.8 Å². The number of aryl methyl sites for hydroxylation is 4. The van der Waals surface area contributed by atoms with Crippen LogP contribution >= 0.6 is 23.2 Å². The van der Waals surface area contributed by atoms with Gasteiger partial charge in [0.15, 0.2) is 0 Å². The minimum absolute atomic E-state index is 0. The van der Waals surface area contributed by atoms with Crippen molar-refractivity contribution in [2.24, 2.45) is 9.98 Å². The number of unbranched alkanes of at least 4 members (excludes halogenated alkanes) is 1. The van der Waals surface area contributed by atoms with Gasteiger partial charge in [-0.2, -0.15) is 26.3 Å². The van der Waals surface area contributed by atoms with E-state index in [4.69, 9.17) is 32.7 Å². The van der Waals surface area contributed by atoms with Gasteiger partial charge in [-0.25, -0.2) is 25.4 Å². The molecule has 7 heterocycles. The van der Waals surface area contributed by atoms with E-state index in [1.54, 1.807) is 66.4 Å². The number of piperidine rings is 2. The molecule has 18 nitrogen and oxygen atoms in total. The summed E-state index contributed by atoms with van der Waals surface area (Å²) in [5.41, 5.74) is 0.0535. The molecular formula is C70H90Cl2F6N8O10S2. The number of nitrogens with one attached hydrogen (secondary N) is 2. The maximum absolute atomic E-state index is 13.8. The first kappa shape index (κ1) is 81.6. The number of nitrogens with zero attached hydrogens (tertiary/aromatic N) is 6. The second kappa shape index (κ2) is 35.8. The summed E-state index contributed by atoms with van der Waals surface area (Å²) in [5.74, 6) is -0.377. The zero-order valence-electron chi connectivity index (χ0n) is 54.2.